The zero-order chi connectivity index (χ0) is 19.8. The number of nitrogens with zero attached hydrogens (tertiary/aromatic N) is 2. The smallest absolute Gasteiger partial charge is 0.387 e. The second-order valence-corrected chi connectivity index (χ2v) is 6.45. The second-order valence-electron chi connectivity index (χ2n) is 6.45. The van der Waals surface area contributed by atoms with Gasteiger partial charge >= 0.3 is 6.61 Å². The lowest BCUT2D eigenvalue weighted by atomic mass is 10.1. The Labute approximate surface area is 163 Å². The molecule has 0 N–H and O–H groups in total. The van der Waals surface area contributed by atoms with E-state index in [4.69, 9.17) is 4.74 Å². The lowest BCUT2D eigenvalue weighted by Crippen LogP contribution is -2.17. The van der Waals surface area contributed by atoms with Gasteiger partial charge in [0.15, 0.2) is 0 Å². The lowest BCUT2D eigenvalue weighted by molar-refractivity contribution is -0.0498. The highest BCUT2D eigenvalue weighted by Crippen LogP contribution is 2.18. The quantitative estimate of drug-likeness (QED) is 0.526. The molecule has 1 aromatic heterocycles. The third-order valence-corrected chi connectivity index (χ3v) is 4.09. The van der Waals surface area contributed by atoms with Gasteiger partial charge in [-0.2, -0.15) is 8.78 Å². The Bertz CT molecular complexity index is 841. The maximum Gasteiger partial charge on any atom is 0.387 e. The summed E-state index contributed by atoms with van der Waals surface area (Å²) in [5.74, 6) is 0.967. The summed E-state index contributed by atoms with van der Waals surface area (Å²) < 4.78 is 34.5. The van der Waals surface area contributed by atoms with Crippen LogP contribution in [0, 0.1) is 0 Å². The van der Waals surface area contributed by atoms with Crippen LogP contribution in [0.3, 0.4) is 0 Å². The van der Waals surface area contributed by atoms with E-state index in [9.17, 15) is 8.78 Å². The van der Waals surface area contributed by atoms with Crippen molar-refractivity contribution in [2.45, 2.75) is 26.3 Å². The molecule has 28 heavy (non-hydrogen) atoms. The number of hydrogen-bond donors (Lipinski definition) is 0. The Kier molecular flexibility index (Phi) is 6.92. The summed E-state index contributed by atoms with van der Waals surface area (Å²) >= 11 is 0. The van der Waals surface area contributed by atoms with Gasteiger partial charge in [0.2, 0.25) is 0 Å². The Balaban J connectivity index is 1.48. The molecule has 146 valence electrons. The maximum atomic E-state index is 12.2. The number of rotatable bonds is 9. The Morgan fingerprint density at radius 3 is 2.00 bits per heavy atom. The predicted octanol–water partition coefficient (Wildman–Crippen LogP) is 4.89. The van der Waals surface area contributed by atoms with E-state index < -0.39 is 6.61 Å². The Morgan fingerprint density at radius 2 is 1.46 bits per heavy atom. The molecule has 0 bridgehead atoms. The first-order chi connectivity index (χ1) is 13.6. The highest BCUT2D eigenvalue weighted by Gasteiger charge is 2.06. The van der Waals surface area contributed by atoms with Crippen molar-refractivity contribution in [2.24, 2.45) is 0 Å². The van der Waals surface area contributed by atoms with Gasteiger partial charge in [0.1, 0.15) is 18.1 Å². The van der Waals surface area contributed by atoms with Crippen LogP contribution in [-0.4, -0.2) is 23.5 Å². The number of benzene rings is 2. The SMILES string of the molecule is CN(Cc1ccc(OCc2ccccn2)cc1)Cc1ccc(OC(F)F)cc1. The van der Waals surface area contributed by atoms with Crippen molar-refractivity contribution in [1.29, 1.82) is 0 Å². The summed E-state index contributed by atoms with van der Waals surface area (Å²) in [6, 6.07) is 20.4. The number of aromatic nitrogens is 1. The molecule has 0 aliphatic carbocycles. The first-order valence-corrected chi connectivity index (χ1v) is 8.92. The molecule has 4 nitrogen and oxygen atoms in total. The van der Waals surface area contributed by atoms with Crippen LogP contribution in [0.2, 0.25) is 0 Å². The van der Waals surface area contributed by atoms with Crippen LogP contribution in [0.15, 0.2) is 72.9 Å². The number of hydrogen-bond acceptors (Lipinski definition) is 4. The first-order valence-electron chi connectivity index (χ1n) is 8.92. The van der Waals surface area contributed by atoms with Crippen molar-refractivity contribution in [3.05, 3.63) is 89.7 Å². The fraction of sp³-hybridized carbons (Fsp3) is 0.227. The minimum atomic E-state index is -2.80. The van der Waals surface area contributed by atoms with Gasteiger partial charge in [-0.25, -0.2) is 0 Å². The fourth-order valence-corrected chi connectivity index (χ4v) is 2.79. The molecule has 0 aliphatic heterocycles. The number of pyridine rings is 1. The highest BCUT2D eigenvalue weighted by molar-refractivity contribution is 5.29. The molecule has 3 aromatic rings. The minimum absolute atomic E-state index is 0.169. The number of alkyl halides is 2. The lowest BCUT2D eigenvalue weighted by Gasteiger charge is -2.17. The molecule has 6 heteroatoms. The average molecular weight is 384 g/mol. The molecular weight excluding hydrogens is 362 g/mol. The minimum Gasteiger partial charge on any atom is -0.487 e. The molecule has 0 fully saturated rings. The summed E-state index contributed by atoms with van der Waals surface area (Å²) in [7, 11) is 2.01. The zero-order valence-electron chi connectivity index (χ0n) is 15.6. The van der Waals surface area contributed by atoms with Crippen LogP contribution in [-0.2, 0) is 19.7 Å². The van der Waals surface area contributed by atoms with Crippen LogP contribution in [0.5, 0.6) is 11.5 Å². The molecule has 0 amide bonds. The van der Waals surface area contributed by atoms with E-state index in [-0.39, 0.29) is 5.75 Å². The standard InChI is InChI=1S/C22H22F2N2O2/c1-26(15-18-7-11-21(12-8-18)28-22(23)24)14-17-5-9-20(10-6-17)27-16-19-4-2-3-13-25-19/h2-13,22H,14-16H2,1H3. The zero-order valence-corrected chi connectivity index (χ0v) is 15.6. The van der Waals surface area contributed by atoms with Gasteiger partial charge in [0, 0.05) is 19.3 Å². The Hall–Kier alpha value is -2.99. The van der Waals surface area contributed by atoms with Crippen LogP contribution in [0.25, 0.3) is 0 Å². The molecule has 0 radical (unpaired) electrons. The monoisotopic (exact) mass is 384 g/mol. The molecule has 0 saturated heterocycles. The van der Waals surface area contributed by atoms with Gasteiger partial charge in [-0.1, -0.05) is 30.3 Å². The molecule has 0 atom stereocenters. The fourth-order valence-electron chi connectivity index (χ4n) is 2.79. The van der Waals surface area contributed by atoms with E-state index >= 15 is 0 Å². The molecule has 0 spiro atoms. The van der Waals surface area contributed by atoms with Gasteiger partial charge in [0.25, 0.3) is 0 Å². The van der Waals surface area contributed by atoms with E-state index in [1.807, 2.05) is 49.5 Å². The highest BCUT2D eigenvalue weighted by atomic mass is 19.3. The van der Waals surface area contributed by atoms with E-state index in [2.05, 4.69) is 14.6 Å². The topological polar surface area (TPSA) is 34.6 Å². The van der Waals surface area contributed by atoms with Crippen LogP contribution < -0.4 is 9.47 Å². The van der Waals surface area contributed by atoms with Crippen molar-refractivity contribution >= 4 is 0 Å². The van der Waals surface area contributed by atoms with Crippen molar-refractivity contribution < 1.29 is 18.3 Å². The van der Waals surface area contributed by atoms with E-state index in [0.29, 0.717) is 13.2 Å². The maximum absolute atomic E-state index is 12.2. The third kappa shape index (κ3) is 6.32. The summed E-state index contributed by atoms with van der Waals surface area (Å²) in [5.41, 5.74) is 3.07. The molecular formula is C22H22F2N2O2. The molecule has 0 saturated carbocycles. The largest absolute Gasteiger partial charge is 0.487 e. The predicted molar refractivity (Wildman–Crippen MR) is 103 cm³/mol. The molecule has 0 unspecified atom stereocenters. The van der Waals surface area contributed by atoms with Crippen molar-refractivity contribution in [2.75, 3.05) is 7.05 Å². The van der Waals surface area contributed by atoms with Crippen LogP contribution in [0.1, 0.15) is 16.8 Å². The normalized spacial score (nSPS) is 11.0. The molecule has 3 rings (SSSR count). The molecule has 0 aliphatic rings. The third-order valence-electron chi connectivity index (χ3n) is 4.09. The number of halogens is 2. The van der Waals surface area contributed by atoms with Gasteiger partial charge < -0.3 is 9.47 Å². The van der Waals surface area contributed by atoms with Crippen LogP contribution in [0.4, 0.5) is 8.78 Å². The summed E-state index contributed by atoms with van der Waals surface area (Å²) in [6.45, 7) is -0.905. The molecule has 1 heterocycles. The average Bonchev–Trinajstić information content (AvgIpc) is 2.69. The van der Waals surface area contributed by atoms with Crippen molar-refractivity contribution in [3.63, 3.8) is 0 Å². The van der Waals surface area contributed by atoms with E-state index in [1.165, 1.54) is 0 Å². The van der Waals surface area contributed by atoms with Gasteiger partial charge in [-0.3, -0.25) is 9.88 Å². The second kappa shape index (κ2) is 9.80. The summed E-state index contributed by atoms with van der Waals surface area (Å²) in [6.07, 6.45) is 1.75. The summed E-state index contributed by atoms with van der Waals surface area (Å²) in [4.78, 5) is 6.38. The number of ether oxygens (including phenoxy) is 2. The van der Waals surface area contributed by atoms with Crippen molar-refractivity contribution in [3.8, 4) is 11.5 Å². The van der Waals surface area contributed by atoms with Crippen molar-refractivity contribution in [1.82, 2.24) is 9.88 Å². The molecule has 2 aromatic carbocycles. The van der Waals surface area contributed by atoms with Crippen LogP contribution >= 0.6 is 0 Å². The van der Waals surface area contributed by atoms with Gasteiger partial charge in [-0.05, 0) is 54.6 Å². The van der Waals surface area contributed by atoms with Gasteiger partial charge in [-0.15, -0.1) is 0 Å². The van der Waals surface area contributed by atoms with Gasteiger partial charge in [0.05, 0.1) is 5.69 Å². The van der Waals surface area contributed by atoms with E-state index in [0.717, 1.165) is 29.1 Å². The summed E-state index contributed by atoms with van der Waals surface area (Å²) in [5, 5.41) is 0. The van der Waals surface area contributed by atoms with E-state index in [1.54, 1.807) is 30.5 Å². The Morgan fingerprint density at radius 1 is 0.857 bits per heavy atom. The first kappa shape index (κ1) is 19.8.